The summed E-state index contributed by atoms with van der Waals surface area (Å²) in [5.41, 5.74) is 3.95. The highest BCUT2D eigenvalue weighted by atomic mass is 16.5. The van der Waals surface area contributed by atoms with E-state index in [1.165, 1.54) is 6.07 Å². The predicted octanol–water partition coefficient (Wildman–Crippen LogP) is 6.22. The first-order valence-electron chi connectivity index (χ1n) is 11.7. The van der Waals surface area contributed by atoms with Crippen molar-refractivity contribution in [2.24, 2.45) is 0 Å². The topological polar surface area (TPSA) is 109 Å². The maximum Gasteiger partial charge on any atom is 0.311 e. The van der Waals surface area contributed by atoms with Gasteiger partial charge in [-0.05, 0) is 60.0 Å². The third-order valence-electron chi connectivity index (χ3n) is 6.16. The number of carboxylic acids is 1. The second-order valence-electron chi connectivity index (χ2n) is 8.55. The number of fused-ring (bicyclic) bond motifs is 1. The number of hydrogen-bond acceptors (Lipinski definition) is 5. The Morgan fingerprint density at radius 1 is 0.946 bits per heavy atom. The Morgan fingerprint density at radius 2 is 1.65 bits per heavy atom. The molecule has 1 unspecified atom stereocenters. The first-order valence-corrected chi connectivity index (χ1v) is 11.7. The third kappa shape index (κ3) is 5.14. The average molecular weight is 491 g/mol. The minimum atomic E-state index is -0.955. The number of ether oxygens (including phenoxy) is 2. The van der Waals surface area contributed by atoms with E-state index in [0.717, 1.165) is 11.1 Å². The highest BCUT2D eigenvalue weighted by Crippen LogP contribution is 2.39. The molecule has 1 aliphatic rings. The van der Waals surface area contributed by atoms with Crippen LogP contribution in [0.25, 0.3) is 11.1 Å². The van der Waals surface area contributed by atoms with Gasteiger partial charge in [0, 0.05) is 22.9 Å². The number of carboxylic acid groups (broad SMARTS) is 1. The lowest BCUT2D eigenvalue weighted by Gasteiger charge is -2.24. The number of amides is 1. The average Bonchev–Trinajstić information content (AvgIpc) is 2.93. The second kappa shape index (κ2) is 10.3. The molecule has 0 aliphatic carbocycles. The number of anilines is 1. The fourth-order valence-electron chi connectivity index (χ4n) is 4.23. The Balaban J connectivity index is 1.28. The van der Waals surface area contributed by atoms with Gasteiger partial charge in [0.25, 0.3) is 5.91 Å². The quantitative estimate of drug-likeness (QED) is 0.332. The van der Waals surface area contributed by atoms with Crippen LogP contribution in [0.1, 0.15) is 33.8 Å². The monoisotopic (exact) mass is 490 g/mol. The molecule has 0 saturated heterocycles. The van der Waals surface area contributed by atoms with Crippen molar-refractivity contribution >= 4 is 17.6 Å². The van der Waals surface area contributed by atoms with Crippen molar-refractivity contribution in [1.29, 1.82) is 5.26 Å². The molecule has 5 rings (SSSR count). The van der Waals surface area contributed by atoms with Crippen molar-refractivity contribution in [1.82, 2.24) is 0 Å². The van der Waals surface area contributed by atoms with E-state index in [1.54, 1.807) is 30.3 Å². The summed E-state index contributed by atoms with van der Waals surface area (Å²) in [6, 6.07) is 29.2. The van der Waals surface area contributed by atoms with Crippen molar-refractivity contribution in [3.8, 4) is 34.4 Å². The molecule has 1 aliphatic heterocycles. The van der Waals surface area contributed by atoms with Crippen molar-refractivity contribution < 1.29 is 24.2 Å². The number of carbonyl (C=O) groups is 2. The van der Waals surface area contributed by atoms with E-state index in [4.69, 9.17) is 9.47 Å². The van der Waals surface area contributed by atoms with Crippen LogP contribution in [0.3, 0.4) is 0 Å². The Bertz CT molecular complexity index is 1490. The van der Waals surface area contributed by atoms with Gasteiger partial charge in [-0.2, -0.15) is 5.26 Å². The third-order valence-corrected chi connectivity index (χ3v) is 6.16. The van der Waals surface area contributed by atoms with Gasteiger partial charge in [0.2, 0.25) is 0 Å². The molecule has 0 bridgehead atoms. The Morgan fingerprint density at radius 3 is 2.32 bits per heavy atom. The van der Waals surface area contributed by atoms with Crippen molar-refractivity contribution in [3.05, 3.63) is 108 Å². The van der Waals surface area contributed by atoms with Gasteiger partial charge in [0.15, 0.2) is 0 Å². The van der Waals surface area contributed by atoms with E-state index < -0.39 is 11.9 Å². The number of benzene rings is 4. The first kappa shape index (κ1) is 23.6. The van der Waals surface area contributed by atoms with Crippen LogP contribution in [0.2, 0.25) is 0 Å². The lowest BCUT2D eigenvalue weighted by molar-refractivity contribution is -0.139. The molecule has 4 aromatic carbocycles. The number of nitrogens with one attached hydrogen (secondary N) is 1. The van der Waals surface area contributed by atoms with E-state index in [2.05, 4.69) is 11.4 Å². The van der Waals surface area contributed by atoms with Crippen LogP contribution in [-0.2, 0) is 4.79 Å². The summed E-state index contributed by atoms with van der Waals surface area (Å²) in [5, 5.41) is 21.9. The molecule has 4 aromatic rings. The summed E-state index contributed by atoms with van der Waals surface area (Å²) < 4.78 is 11.5. The Hall–Kier alpha value is -5.09. The highest BCUT2D eigenvalue weighted by Gasteiger charge is 2.29. The standard InChI is InChI=1S/C30H22N2O5/c31-18-22-16-26-25(30(34)35)14-15-36-28(26)17-27(22)37-24-12-8-21(9-13-24)29(33)32-23-10-6-20(7-11-23)19-4-2-1-3-5-19/h1-13,16-17,25H,14-15H2,(H,32,33)(H,34,35). The van der Waals surface area contributed by atoms with E-state index in [9.17, 15) is 20.0 Å². The molecule has 0 saturated carbocycles. The predicted molar refractivity (Wildman–Crippen MR) is 138 cm³/mol. The number of rotatable bonds is 6. The molecular formula is C30H22N2O5. The van der Waals surface area contributed by atoms with Crippen molar-refractivity contribution in [2.75, 3.05) is 11.9 Å². The van der Waals surface area contributed by atoms with Crippen LogP contribution in [-0.4, -0.2) is 23.6 Å². The fraction of sp³-hybridized carbons (Fsp3) is 0.100. The number of nitriles is 1. The van der Waals surface area contributed by atoms with Gasteiger partial charge in [0.05, 0.1) is 18.1 Å². The van der Waals surface area contributed by atoms with Crippen LogP contribution < -0.4 is 14.8 Å². The fourth-order valence-corrected chi connectivity index (χ4v) is 4.23. The molecule has 2 N–H and O–H groups in total. The SMILES string of the molecule is N#Cc1cc2c(cc1Oc1ccc(C(=O)Nc3ccc(-c4ccccc4)cc3)cc1)OCCC2C(=O)O. The van der Waals surface area contributed by atoms with Gasteiger partial charge < -0.3 is 19.9 Å². The van der Waals surface area contributed by atoms with Crippen molar-refractivity contribution in [3.63, 3.8) is 0 Å². The molecule has 7 heteroatoms. The summed E-state index contributed by atoms with van der Waals surface area (Å²) in [4.78, 5) is 24.3. The van der Waals surface area contributed by atoms with E-state index in [-0.39, 0.29) is 23.8 Å². The minimum Gasteiger partial charge on any atom is -0.493 e. The Kier molecular flexibility index (Phi) is 6.56. The maximum absolute atomic E-state index is 12.7. The van der Waals surface area contributed by atoms with Gasteiger partial charge >= 0.3 is 5.97 Å². The largest absolute Gasteiger partial charge is 0.493 e. The molecule has 1 amide bonds. The first-order chi connectivity index (χ1) is 18.0. The Labute approximate surface area is 213 Å². The zero-order valence-corrected chi connectivity index (χ0v) is 19.7. The zero-order chi connectivity index (χ0) is 25.8. The number of carbonyl (C=O) groups excluding carboxylic acids is 1. The van der Waals surface area contributed by atoms with E-state index >= 15 is 0 Å². The summed E-state index contributed by atoms with van der Waals surface area (Å²) >= 11 is 0. The molecule has 0 radical (unpaired) electrons. The summed E-state index contributed by atoms with van der Waals surface area (Å²) in [5.74, 6) is -0.880. The zero-order valence-electron chi connectivity index (χ0n) is 19.7. The molecule has 182 valence electrons. The van der Waals surface area contributed by atoms with Gasteiger partial charge in [-0.3, -0.25) is 9.59 Å². The highest BCUT2D eigenvalue weighted by molar-refractivity contribution is 6.04. The smallest absolute Gasteiger partial charge is 0.311 e. The normalized spacial score (nSPS) is 14.0. The molecule has 37 heavy (non-hydrogen) atoms. The molecule has 7 nitrogen and oxygen atoms in total. The van der Waals surface area contributed by atoms with Gasteiger partial charge in [0.1, 0.15) is 23.3 Å². The minimum absolute atomic E-state index is 0.205. The molecule has 0 spiro atoms. The van der Waals surface area contributed by atoms with Gasteiger partial charge in [-0.15, -0.1) is 0 Å². The second-order valence-corrected chi connectivity index (χ2v) is 8.55. The molecule has 0 fully saturated rings. The van der Waals surface area contributed by atoms with Crippen LogP contribution in [0.15, 0.2) is 91.0 Å². The molecule has 0 aromatic heterocycles. The summed E-state index contributed by atoms with van der Waals surface area (Å²) in [6.45, 7) is 0.272. The number of hydrogen-bond donors (Lipinski definition) is 2. The van der Waals surface area contributed by atoms with Crippen LogP contribution >= 0.6 is 0 Å². The lowest BCUT2D eigenvalue weighted by Crippen LogP contribution is -2.21. The molecule has 1 atom stereocenters. The van der Waals surface area contributed by atoms with Gasteiger partial charge in [-0.25, -0.2) is 0 Å². The molecular weight excluding hydrogens is 468 g/mol. The molecule has 1 heterocycles. The van der Waals surface area contributed by atoms with Gasteiger partial charge in [-0.1, -0.05) is 42.5 Å². The van der Waals surface area contributed by atoms with E-state index in [0.29, 0.717) is 34.7 Å². The summed E-state index contributed by atoms with van der Waals surface area (Å²) in [6.07, 6.45) is 0.341. The maximum atomic E-state index is 12.7. The number of aliphatic carboxylic acids is 1. The van der Waals surface area contributed by atoms with Crippen LogP contribution in [0.5, 0.6) is 17.2 Å². The van der Waals surface area contributed by atoms with Crippen LogP contribution in [0.4, 0.5) is 5.69 Å². The van der Waals surface area contributed by atoms with Crippen LogP contribution in [0, 0.1) is 11.3 Å². The van der Waals surface area contributed by atoms with E-state index in [1.807, 2.05) is 54.6 Å². The summed E-state index contributed by atoms with van der Waals surface area (Å²) in [7, 11) is 0. The number of nitrogens with zero attached hydrogens (tertiary/aromatic N) is 1. The van der Waals surface area contributed by atoms with Crippen molar-refractivity contribution in [2.45, 2.75) is 12.3 Å². The lowest BCUT2D eigenvalue weighted by atomic mass is 9.91.